The Morgan fingerprint density at radius 3 is 2.78 bits per heavy atom. The molecular formula is C17H18F3N3O4. The van der Waals surface area contributed by atoms with Gasteiger partial charge in [0, 0.05) is 25.7 Å². The minimum atomic E-state index is -4.76. The van der Waals surface area contributed by atoms with Crippen LogP contribution in [-0.2, 0) is 17.8 Å². The fourth-order valence-electron chi connectivity index (χ4n) is 2.60. The van der Waals surface area contributed by atoms with Crippen LogP contribution in [0, 0.1) is 0 Å². The first kappa shape index (κ1) is 19.2. The molecule has 2 heterocycles. The van der Waals surface area contributed by atoms with Crippen LogP contribution < -0.4 is 10.1 Å². The van der Waals surface area contributed by atoms with E-state index in [0.717, 1.165) is 13.1 Å². The lowest BCUT2D eigenvalue weighted by Gasteiger charge is -2.25. The minimum absolute atomic E-state index is 0.0273. The smallest absolute Gasteiger partial charge is 0.406 e. The van der Waals surface area contributed by atoms with Crippen molar-refractivity contribution in [3.8, 4) is 5.75 Å². The van der Waals surface area contributed by atoms with Crippen LogP contribution in [0.3, 0.4) is 0 Å². The predicted octanol–water partition coefficient (Wildman–Crippen LogP) is 2.34. The largest absolute Gasteiger partial charge is 0.573 e. The maximum atomic E-state index is 12.3. The van der Waals surface area contributed by atoms with Crippen molar-refractivity contribution in [1.82, 2.24) is 15.4 Å². The molecule has 1 fully saturated rings. The monoisotopic (exact) mass is 385 g/mol. The maximum Gasteiger partial charge on any atom is 0.573 e. The standard InChI is InChI=1S/C17H18F3N3O4/c18-17(19,20)26-13-3-1-2-12(8-13)10-21-16(24)15-9-14(27-22-15)11-23-4-6-25-7-5-23/h1-3,8-9H,4-7,10-11H2,(H,21,24). The Bertz CT molecular complexity index is 773. The zero-order valence-corrected chi connectivity index (χ0v) is 14.3. The molecule has 0 bridgehead atoms. The molecule has 10 heteroatoms. The van der Waals surface area contributed by atoms with Crippen molar-refractivity contribution in [3.63, 3.8) is 0 Å². The molecule has 0 radical (unpaired) electrons. The lowest BCUT2D eigenvalue weighted by molar-refractivity contribution is -0.274. The molecule has 1 aromatic carbocycles. The van der Waals surface area contributed by atoms with E-state index in [4.69, 9.17) is 9.26 Å². The Kier molecular flexibility index (Phi) is 5.97. The summed E-state index contributed by atoms with van der Waals surface area (Å²) in [5.41, 5.74) is 0.572. The third-order valence-electron chi connectivity index (χ3n) is 3.86. The number of ether oxygens (including phenoxy) is 2. The van der Waals surface area contributed by atoms with E-state index in [1.165, 1.54) is 18.2 Å². The number of benzene rings is 1. The van der Waals surface area contributed by atoms with Gasteiger partial charge in [-0.25, -0.2) is 0 Å². The number of morpholine rings is 1. The van der Waals surface area contributed by atoms with Crippen LogP contribution in [0.1, 0.15) is 21.8 Å². The molecule has 0 aliphatic carbocycles. The van der Waals surface area contributed by atoms with E-state index in [9.17, 15) is 18.0 Å². The number of carbonyl (C=O) groups excluding carboxylic acids is 1. The number of nitrogens with one attached hydrogen (secondary N) is 1. The molecule has 3 rings (SSSR count). The molecule has 2 aromatic rings. The summed E-state index contributed by atoms with van der Waals surface area (Å²) in [6, 6.07) is 6.94. The summed E-state index contributed by atoms with van der Waals surface area (Å²) < 4.78 is 51.1. The molecular weight excluding hydrogens is 367 g/mol. The average Bonchev–Trinajstić information content (AvgIpc) is 3.08. The summed E-state index contributed by atoms with van der Waals surface area (Å²) in [5, 5.41) is 6.33. The van der Waals surface area contributed by atoms with E-state index >= 15 is 0 Å². The number of hydrogen-bond donors (Lipinski definition) is 1. The third kappa shape index (κ3) is 5.97. The van der Waals surface area contributed by atoms with Gasteiger partial charge in [0.15, 0.2) is 11.5 Å². The van der Waals surface area contributed by atoms with Crippen LogP contribution in [0.5, 0.6) is 5.75 Å². The van der Waals surface area contributed by atoms with Gasteiger partial charge in [0.25, 0.3) is 5.91 Å². The van der Waals surface area contributed by atoms with Crippen molar-refractivity contribution in [3.05, 3.63) is 47.3 Å². The molecule has 1 saturated heterocycles. The van der Waals surface area contributed by atoms with Crippen LogP contribution >= 0.6 is 0 Å². The molecule has 1 aromatic heterocycles. The van der Waals surface area contributed by atoms with Crippen molar-refractivity contribution < 1.29 is 32.0 Å². The molecule has 0 spiro atoms. The van der Waals surface area contributed by atoms with Crippen LogP contribution in [0.25, 0.3) is 0 Å². The molecule has 27 heavy (non-hydrogen) atoms. The van der Waals surface area contributed by atoms with Crippen LogP contribution in [0.15, 0.2) is 34.9 Å². The Morgan fingerprint density at radius 1 is 1.26 bits per heavy atom. The summed E-state index contributed by atoms with van der Waals surface area (Å²) in [5.74, 6) is -0.264. The molecule has 1 N–H and O–H groups in total. The third-order valence-corrected chi connectivity index (χ3v) is 3.86. The summed E-state index contributed by atoms with van der Waals surface area (Å²) in [6.45, 7) is 3.41. The summed E-state index contributed by atoms with van der Waals surface area (Å²) in [7, 11) is 0. The molecule has 0 atom stereocenters. The summed E-state index contributed by atoms with van der Waals surface area (Å²) >= 11 is 0. The fraction of sp³-hybridized carbons (Fsp3) is 0.412. The van der Waals surface area contributed by atoms with Crippen LogP contribution in [-0.4, -0.2) is 48.6 Å². The number of nitrogens with zero attached hydrogens (tertiary/aromatic N) is 2. The van der Waals surface area contributed by atoms with Crippen molar-refractivity contribution in [2.75, 3.05) is 26.3 Å². The van der Waals surface area contributed by atoms with Gasteiger partial charge >= 0.3 is 6.36 Å². The van der Waals surface area contributed by atoms with E-state index in [1.807, 2.05) is 0 Å². The number of alkyl halides is 3. The van der Waals surface area contributed by atoms with Gasteiger partial charge in [-0.1, -0.05) is 17.3 Å². The van der Waals surface area contributed by atoms with Crippen molar-refractivity contribution in [1.29, 1.82) is 0 Å². The van der Waals surface area contributed by atoms with Gasteiger partial charge in [-0.15, -0.1) is 13.2 Å². The van der Waals surface area contributed by atoms with Gasteiger partial charge in [0.2, 0.25) is 0 Å². The topological polar surface area (TPSA) is 76.8 Å². The SMILES string of the molecule is O=C(NCc1cccc(OC(F)(F)F)c1)c1cc(CN2CCOCC2)on1. The molecule has 1 amide bonds. The van der Waals surface area contributed by atoms with Gasteiger partial charge in [-0.2, -0.15) is 0 Å². The highest BCUT2D eigenvalue weighted by atomic mass is 19.4. The first-order valence-electron chi connectivity index (χ1n) is 8.28. The van der Waals surface area contributed by atoms with Gasteiger partial charge < -0.3 is 19.3 Å². The zero-order valence-electron chi connectivity index (χ0n) is 14.3. The highest BCUT2D eigenvalue weighted by Crippen LogP contribution is 2.23. The highest BCUT2D eigenvalue weighted by molar-refractivity contribution is 5.92. The maximum absolute atomic E-state index is 12.3. The van der Waals surface area contributed by atoms with Gasteiger partial charge in [0.1, 0.15) is 5.75 Å². The lowest BCUT2D eigenvalue weighted by atomic mass is 10.2. The van der Waals surface area contributed by atoms with E-state index < -0.39 is 12.3 Å². The number of rotatable bonds is 6. The molecule has 0 unspecified atom stereocenters. The van der Waals surface area contributed by atoms with Crippen molar-refractivity contribution in [2.24, 2.45) is 0 Å². The molecule has 146 valence electrons. The van der Waals surface area contributed by atoms with Crippen molar-refractivity contribution in [2.45, 2.75) is 19.5 Å². The van der Waals surface area contributed by atoms with Crippen LogP contribution in [0.4, 0.5) is 13.2 Å². The zero-order chi connectivity index (χ0) is 19.3. The van der Waals surface area contributed by atoms with Gasteiger partial charge in [-0.3, -0.25) is 9.69 Å². The van der Waals surface area contributed by atoms with E-state index in [-0.39, 0.29) is 18.0 Å². The number of carbonyl (C=O) groups is 1. The van der Waals surface area contributed by atoms with Gasteiger partial charge in [-0.05, 0) is 17.7 Å². The fourth-order valence-corrected chi connectivity index (χ4v) is 2.60. The number of halogens is 3. The molecule has 1 aliphatic rings. The van der Waals surface area contributed by atoms with E-state index in [2.05, 4.69) is 20.1 Å². The Morgan fingerprint density at radius 2 is 2.04 bits per heavy atom. The Balaban J connectivity index is 1.53. The lowest BCUT2D eigenvalue weighted by Crippen LogP contribution is -2.35. The number of amides is 1. The first-order valence-corrected chi connectivity index (χ1v) is 8.28. The highest BCUT2D eigenvalue weighted by Gasteiger charge is 2.31. The summed E-state index contributed by atoms with van der Waals surface area (Å²) in [6.07, 6.45) is -4.76. The average molecular weight is 385 g/mol. The molecule has 0 saturated carbocycles. The Labute approximate surface area is 153 Å². The first-order chi connectivity index (χ1) is 12.9. The normalized spacial score (nSPS) is 15.5. The second-order valence-electron chi connectivity index (χ2n) is 5.94. The van der Waals surface area contributed by atoms with E-state index in [1.54, 1.807) is 12.1 Å². The second kappa shape index (κ2) is 8.40. The minimum Gasteiger partial charge on any atom is -0.406 e. The molecule has 1 aliphatic heterocycles. The van der Waals surface area contributed by atoms with Crippen molar-refractivity contribution >= 4 is 5.91 Å². The number of hydrogen-bond acceptors (Lipinski definition) is 6. The molecule has 7 nitrogen and oxygen atoms in total. The summed E-state index contributed by atoms with van der Waals surface area (Å²) in [4.78, 5) is 14.3. The quantitative estimate of drug-likeness (QED) is 0.823. The van der Waals surface area contributed by atoms with E-state index in [0.29, 0.717) is 31.1 Å². The Hall–Kier alpha value is -2.59. The number of aromatic nitrogens is 1. The predicted molar refractivity (Wildman–Crippen MR) is 86.9 cm³/mol. The van der Waals surface area contributed by atoms with Gasteiger partial charge in [0.05, 0.1) is 19.8 Å². The second-order valence-corrected chi connectivity index (χ2v) is 5.94. The van der Waals surface area contributed by atoms with Crippen LogP contribution in [0.2, 0.25) is 0 Å².